The number of aryl methyl sites for hydroxylation is 2. The molecular weight excluding hydrogens is 468 g/mol. The maximum atomic E-state index is 13.4. The summed E-state index contributed by atoms with van der Waals surface area (Å²) >= 11 is 1.08. The maximum absolute atomic E-state index is 13.4. The van der Waals surface area contributed by atoms with Gasteiger partial charge in [-0.05, 0) is 61.4 Å². The number of anilines is 1. The van der Waals surface area contributed by atoms with Crippen LogP contribution >= 0.6 is 11.8 Å². The van der Waals surface area contributed by atoms with Crippen molar-refractivity contribution in [2.75, 3.05) is 18.2 Å². The van der Waals surface area contributed by atoms with E-state index in [1.54, 1.807) is 24.3 Å². The number of rotatable bonds is 7. The summed E-state index contributed by atoms with van der Waals surface area (Å²) in [7, 11) is 1.40. The number of nitro benzene ring substituents is 1. The first-order valence-electron chi connectivity index (χ1n) is 10.6. The van der Waals surface area contributed by atoms with Gasteiger partial charge < -0.3 is 10.1 Å². The maximum Gasteiger partial charge on any atom is 0.296 e. The Morgan fingerprint density at radius 1 is 1.11 bits per heavy atom. The predicted octanol–water partition coefficient (Wildman–Crippen LogP) is 4.65. The van der Waals surface area contributed by atoms with Crippen LogP contribution in [0, 0.1) is 24.0 Å². The lowest BCUT2D eigenvalue weighted by Crippen LogP contribution is -2.23. The Morgan fingerprint density at radius 3 is 2.51 bits per heavy atom. The number of hydrogen-bond donors (Lipinski definition) is 1. The van der Waals surface area contributed by atoms with Gasteiger partial charge in [-0.25, -0.2) is 4.98 Å². The lowest BCUT2D eigenvalue weighted by Gasteiger charge is -2.14. The second-order valence-corrected chi connectivity index (χ2v) is 8.82. The van der Waals surface area contributed by atoms with Crippen molar-refractivity contribution in [2.24, 2.45) is 0 Å². The van der Waals surface area contributed by atoms with E-state index in [0.717, 1.165) is 22.9 Å². The molecule has 0 radical (unpaired) electrons. The fourth-order valence-electron chi connectivity index (χ4n) is 3.73. The Morgan fingerprint density at radius 2 is 1.83 bits per heavy atom. The summed E-state index contributed by atoms with van der Waals surface area (Å²) in [4.78, 5) is 41.6. The van der Waals surface area contributed by atoms with E-state index < -0.39 is 10.8 Å². The number of thioether (sulfide) groups is 1. The molecule has 4 rings (SSSR count). The molecule has 0 aliphatic rings. The molecule has 1 heterocycles. The number of aromatic nitrogens is 2. The molecule has 3 aromatic carbocycles. The van der Waals surface area contributed by atoms with Gasteiger partial charge in [0.1, 0.15) is 11.4 Å². The van der Waals surface area contributed by atoms with Crippen LogP contribution < -0.4 is 15.6 Å². The lowest BCUT2D eigenvalue weighted by atomic mass is 10.1. The number of ether oxygens (including phenoxy) is 1. The van der Waals surface area contributed by atoms with Crippen molar-refractivity contribution in [3.8, 4) is 11.4 Å². The SMILES string of the molecule is COc1ccc(NC(=O)CSc2nc3ccccc3c(=O)n2-c2cc(C)cc(C)c2)c([N+](=O)[O-])c1. The summed E-state index contributed by atoms with van der Waals surface area (Å²) < 4.78 is 6.52. The highest BCUT2D eigenvalue weighted by atomic mass is 32.2. The van der Waals surface area contributed by atoms with Crippen LogP contribution in [-0.2, 0) is 4.79 Å². The number of benzene rings is 3. The smallest absolute Gasteiger partial charge is 0.296 e. The van der Waals surface area contributed by atoms with Crippen molar-refractivity contribution in [2.45, 2.75) is 19.0 Å². The third-order valence-electron chi connectivity index (χ3n) is 5.22. The van der Waals surface area contributed by atoms with Gasteiger partial charge in [-0.2, -0.15) is 0 Å². The molecule has 9 nitrogen and oxygen atoms in total. The number of nitrogens with zero attached hydrogens (tertiary/aromatic N) is 3. The van der Waals surface area contributed by atoms with Crippen molar-refractivity contribution < 1.29 is 14.5 Å². The minimum atomic E-state index is -0.589. The van der Waals surface area contributed by atoms with Crippen LogP contribution in [0.15, 0.2) is 70.6 Å². The molecule has 0 aliphatic heterocycles. The van der Waals surface area contributed by atoms with Gasteiger partial charge in [-0.1, -0.05) is 30.0 Å². The minimum absolute atomic E-state index is 0.0552. The van der Waals surface area contributed by atoms with E-state index in [1.165, 1.54) is 29.9 Å². The van der Waals surface area contributed by atoms with E-state index in [-0.39, 0.29) is 22.7 Å². The Kier molecular flexibility index (Phi) is 6.83. The fraction of sp³-hybridized carbons (Fsp3) is 0.160. The molecule has 178 valence electrons. The van der Waals surface area contributed by atoms with Crippen LogP contribution in [0.25, 0.3) is 16.6 Å². The third kappa shape index (κ3) is 5.17. The molecule has 0 aliphatic carbocycles. The van der Waals surface area contributed by atoms with E-state index in [1.807, 2.05) is 32.0 Å². The average Bonchev–Trinajstić information content (AvgIpc) is 2.82. The fourth-order valence-corrected chi connectivity index (χ4v) is 4.54. The highest BCUT2D eigenvalue weighted by Crippen LogP contribution is 2.29. The van der Waals surface area contributed by atoms with Gasteiger partial charge in [0.25, 0.3) is 11.2 Å². The van der Waals surface area contributed by atoms with Crippen LogP contribution in [0.5, 0.6) is 5.75 Å². The van der Waals surface area contributed by atoms with Crippen LogP contribution in [-0.4, -0.2) is 33.2 Å². The molecule has 1 amide bonds. The summed E-state index contributed by atoms with van der Waals surface area (Å²) in [6.07, 6.45) is 0. The quantitative estimate of drug-likeness (QED) is 0.173. The summed E-state index contributed by atoms with van der Waals surface area (Å²) in [5.41, 5.74) is 2.68. The van der Waals surface area contributed by atoms with Crippen LogP contribution in [0.4, 0.5) is 11.4 Å². The Balaban J connectivity index is 1.67. The topological polar surface area (TPSA) is 116 Å². The zero-order chi connectivity index (χ0) is 25.1. The van der Waals surface area contributed by atoms with Crippen molar-refractivity contribution in [1.82, 2.24) is 9.55 Å². The molecule has 1 aromatic heterocycles. The molecule has 4 aromatic rings. The van der Waals surface area contributed by atoms with E-state index in [9.17, 15) is 19.7 Å². The number of hydrogen-bond acceptors (Lipinski definition) is 7. The van der Waals surface area contributed by atoms with Crippen molar-refractivity contribution in [1.29, 1.82) is 0 Å². The normalized spacial score (nSPS) is 10.8. The second-order valence-electron chi connectivity index (χ2n) is 7.88. The number of para-hydroxylation sites is 1. The van der Waals surface area contributed by atoms with Crippen molar-refractivity contribution >= 4 is 39.9 Å². The van der Waals surface area contributed by atoms with Gasteiger partial charge in [0, 0.05) is 0 Å². The van der Waals surface area contributed by atoms with Crippen LogP contribution in [0.2, 0.25) is 0 Å². The van der Waals surface area contributed by atoms with Crippen LogP contribution in [0.1, 0.15) is 11.1 Å². The minimum Gasteiger partial charge on any atom is -0.496 e. The van der Waals surface area contributed by atoms with Gasteiger partial charge in [0.15, 0.2) is 5.16 Å². The third-order valence-corrected chi connectivity index (χ3v) is 6.16. The number of methoxy groups -OCH3 is 1. The Hall–Kier alpha value is -4.18. The summed E-state index contributed by atoms with van der Waals surface area (Å²) in [5, 5.41) is 14.8. The summed E-state index contributed by atoms with van der Waals surface area (Å²) in [6, 6.07) is 17.0. The number of amides is 1. The van der Waals surface area contributed by atoms with Gasteiger partial charge in [0.2, 0.25) is 5.91 Å². The molecule has 0 unspecified atom stereocenters. The lowest BCUT2D eigenvalue weighted by molar-refractivity contribution is -0.384. The molecule has 0 spiro atoms. The zero-order valence-corrected chi connectivity index (χ0v) is 20.1. The first-order valence-corrected chi connectivity index (χ1v) is 11.6. The molecule has 0 saturated heterocycles. The first kappa shape index (κ1) is 24.0. The number of fused-ring (bicyclic) bond motifs is 1. The number of nitrogens with one attached hydrogen (secondary N) is 1. The summed E-state index contributed by atoms with van der Waals surface area (Å²) in [5.74, 6) is -0.279. The second kappa shape index (κ2) is 9.98. The molecule has 0 atom stereocenters. The van der Waals surface area contributed by atoms with Gasteiger partial charge in [0.05, 0.1) is 40.4 Å². The first-order chi connectivity index (χ1) is 16.8. The molecule has 0 fully saturated rings. The van der Waals surface area contributed by atoms with Gasteiger partial charge >= 0.3 is 0 Å². The monoisotopic (exact) mass is 490 g/mol. The molecule has 35 heavy (non-hydrogen) atoms. The zero-order valence-electron chi connectivity index (χ0n) is 19.3. The molecular formula is C25H22N4O5S. The molecule has 0 bridgehead atoms. The number of carbonyl (C=O) groups is 1. The standard InChI is InChI=1S/C25H22N4O5S/c1-15-10-16(2)12-17(11-15)28-24(31)19-6-4-5-7-20(19)27-25(28)35-14-23(30)26-21-9-8-18(34-3)13-22(21)29(32)33/h4-13H,14H2,1-3H3,(H,26,30). The van der Waals surface area contributed by atoms with Crippen molar-refractivity contribution in [3.05, 3.63) is 92.3 Å². The number of carbonyl (C=O) groups excluding carboxylic acids is 1. The van der Waals surface area contributed by atoms with Crippen molar-refractivity contribution in [3.63, 3.8) is 0 Å². The number of nitro groups is 1. The molecule has 10 heteroatoms. The van der Waals surface area contributed by atoms with E-state index in [0.29, 0.717) is 27.5 Å². The highest BCUT2D eigenvalue weighted by molar-refractivity contribution is 7.99. The Labute approximate surface area is 204 Å². The molecule has 1 N–H and O–H groups in total. The average molecular weight is 491 g/mol. The predicted molar refractivity (Wildman–Crippen MR) is 136 cm³/mol. The van der Waals surface area contributed by atoms with E-state index >= 15 is 0 Å². The summed E-state index contributed by atoms with van der Waals surface area (Å²) in [6.45, 7) is 3.88. The molecule has 0 saturated carbocycles. The van der Waals surface area contributed by atoms with Crippen LogP contribution in [0.3, 0.4) is 0 Å². The van der Waals surface area contributed by atoms with Gasteiger partial charge in [-0.3, -0.25) is 24.3 Å². The highest BCUT2D eigenvalue weighted by Gasteiger charge is 2.19. The van der Waals surface area contributed by atoms with E-state index in [4.69, 9.17) is 4.74 Å². The Bertz CT molecular complexity index is 1500. The largest absolute Gasteiger partial charge is 0.496 e. The van der Waals surface area contributed by atoms with E-state index in [2.05, 4.69) is 10.3 Å². The van der Waals surface area contributed by atoms with Gasteiger partial charge in [-0.15, -0.1) is 0 Å².